The van der Waals surface area contributed by atoms with Crippen LogP contribution in [0.2, 0.25) is 0 Å². The zero-order valence-electron chi connectivity index (χ0n) is 19.9. The lowest BCUT2D eigenvalue weighted by atomic mass is 10.1. The summed E-state index contributed by atoms with van der Waals surface area (Å²) >= 11 is 1.05. The van der Waals surface area contributed by atoms with Crippen LogP contribution >= 0.6 is 11.8 Å². The number of carboxylic acid groups (broad SMARTS) is 1. The van der Waals surface area contributed by atoms with Crippen molar-refractivity contribution in [2.75, 3.05) is 19.0 Å². The van der Waals surface area contributed by atoms with Gasteiger partial charge in [0.05, 0.1) is 12.2 Å². The van der Waals surface area contributed by atoms with Gasteiger partial charge < -0.3 is 40.7 Å². The second kappa shape index (κ2) is 12.4. The Kier molecular flexibility index (Phi) is 9.93. The van der Waals surface area contributed by atoms with Crippen molar-refractivity contribution in [3.63, 3.8) is 0 Å². The van der Waals surface area contributed by atoms with Gasteiger partial charge in [-0.05, 0) is 32.9 Å². The van der Waals surface area contributed by atoms with Crippen molar-refractivity contribution in [3.05, 3.63) is 29.3 Å². The monoisotopic (exact) mass is 527 g/mol. The van der Waals surface area contributed by atoms with Gasteiger partial charge in [0, 0.05) is 17.1 Å². The number of aliphatic hydroxyl groups is 1. The van der Waals surface area contributed by atoms with E-state index in [1.54, 1.807) is 20.8 Å². The Bertz CT molecular complexity index is 1010. The fourth-order valence-corrected chi connectivity index (χ4v) is 4.07. The molecule has 0 saturated carbocycles. The number of carbonyl (C=O) groups excluding carboxylic acids is 4. The van der Waals surface area contributed by atoms with E-state index in [1.165, 1.54) is 18.2 Å². The van der Waals surface area contributed by atoms with E-state index in [0.717, 1.165) is 11.8 Å². The van der Waals surface area contributed by atoms with E-state index in [1.807, 2.05) is 0 Å². The molecule has 1 aromatic rings. The number of rotatable bonds is 5. The summed E-state index contributed by atoms with van der Waals surface area (Å²) in [7, 11) is 0. The summed E-state index contributed by atoms with van der Waals surface area (Å²) in [4.78, 5) is 61.8. The second-order valence-corrected chi connectivity index (χ2v) is 9.79. The number of alkyl carbamates (subject to hydrolysis) is 1. The van der Waals surface area contributed by atoms with Gasteiger partial charge in [0.1, 0.15) is 36.1 Å². The van der Waals surface area contributed by atoms with E-state index in [4.69, 9.17) is 9.47 Å². The van der Waals surface area contributed by atoms with Crippen LogP contribution in [0.5, 0.6) is 5.75 Å². The van der Waals surface area contributed by atoms with Crippen LogP contribution in [0.3, 0.4) is 0 Å². The summed E-state index contributed by atoms with van der Waals surface area (Å²) in [5.74, 6) is -4.41. The van der Waals surface area contributed by atoms with Gasteiger partial charge in [0.15, 0.2) is 0 Å². The van der Waals surface area contributed by atoms with Gasteiger partial charge in [0.2, 0.25) is 11.8 Å². The number of thioether (sulfide) groups is 1. The molecule has 0 spiro atoms. The first-order valence-electron chi connectivity index (χ1n) is 10.8. The van der Waals surface area contributed by atoms with E-state index in [2.05, 4.69) is 16.0 Å². The highest BCUT2D eigenvalue weighted by molar-refractivity contribution is 7.98. The van der Waals surface area contributed by atoms with Crippen molar-refractivity contribution in [3.8, 4) is 5.75 Å². The molecule has 3 atom stereocenters. The maximum absolute atomic E-state index is 12.8. The van der Waals surface area contributed by atoms with Crippen molar-refractivity contribution in [2.24, 2.45) is 0 Å². The number of aliphatic hydroxyl groups excluding tert-OH is 1. The lowest BCUT2D eigenvalue weighted by Crippen LogP contribution is -2.58. The number of aromatic hydroxyl groups is 1. The maximum Gasteiger partial charge on any atom is 0.408 e. The van der Waals surface area contributed by atoms with Gasteiger partial charge in [0.25, 0.3) is 0 Å². The number of ether oxygens (including phenoxy) is 2. The molecule has 0 bridgehead atoms. The number of carbonyl (C=O) groups is 5. The fraction of sp³-hybridized carbons (Fsp3) is 0.500. The zero-order chi connectivity index (χ0) is 27.0. The third-order valence-corrected chi connectivity index (χ3v) is 5.78. The number of phenols is 1. The van der Waals surface area contributed by atoms with E-state index < -0.39 is 66.8 Å². The molecule has 36 heavy (non-hydrogen) atoms. The molecule has 1 heterocycles. The molecular weight excluding hydrogens is 498 g/mol. The van der Waals surface area contributed by atoms with Crippen LogP contribution in [0.15, 0.2) is 18.2 Å². The summed E-state index contributed by atoms with van der Waals surface area (Å²) < 4.78 is 10.2. The first-order valence-corrected chi connectivity index (χ1v) is 12.0. The van der Waals surface area contributed by atoms with E-state index in [9.17, 15) is 39.3 Å². The molecule has 0 fully saturated rings. The number of nitrogens with one attached hydrogen (secondary N) is 3. The van der Waals surface area contributed by atoms with E-state index in [0.29, 0.717) is 0 Å². The molecule has 0 unspecified atom stereocenters. The highest BCUT2D eigenvalue weighted by atomic mass is 32.2. The molecule has 13 nitrogen and oxygen atoms in total. The number of amides is 3. The van der Waals surface area contributed by atoms with Crippen LogP contribution < -0.4 is 16.0 Å². The Hall–Kier alpha value is -3.52. The summed E-state index contributed by atoms with van der Waals surface area (Å²) in [6.07, 6.45) is -0.995. The lowest BCUT2D eigenvalue weighted by molar-refractivity contribution is -0.141. The predicted octanol–water partition coefficient (Wildman–Crippen LogP) is -0.264. The first kappa shape index (κ1) is 28.7. The minimum atomic E-state index is -1.57. The number of cyclic esters (lactones) is 1. The van der Waals surface area contributed by atoms with Gasteiger partial charge in [-0.15, -0.1) is 0 Å². The van der Waals surface area contributed by atoms with Crippen LogP contribution in [0.1, 0.15) is 36.7 Å². The summed E-state index contributed by atoms with van der Waals surface area (Å²) in [5, 5.41) is 35.9. The fourth-order valence-electron chi connectivity index (χ4n) is 2.98. The topological polar surface area (TPSA) is 201 Å². The van der Waals surface area contributed by atoms with Crippen molar-refractivity contribution in [1.82, 2.24) is 16.0 Å². The first-order chi connectivity index (χ1) is 16.8. The van der Waals surface area contributed by atoms with Gasteiger partial charge in [-0.3, -0.25) is 9.59 Å². The maximum atomic E-state index is 12.8. The molecule has 2 rings (SSSR count). The number of esters is 1. The Labute approximate surface area is 210 Å². The molecule has 198 valence electrons. The number of aliphatic carboxylic acids is 1. The van der Waals surface area contributed by atoms with Crippen molar-refractivity contribution in [1.29, 1.82) is 0 Å². The number of fused-ring (bicyclic) bond motifs is 1. The molecule has 1 aromatic carbocycles. The van der Waals surface area contributed by atoms with Gasteiger partial charge in [-0.1, -0.05) is 6.07 Å². The average Bonchev–Trinajstić information content (AvgIpc) is 2.77. The zero-order valence-corrected chi connectivity index (χ0v) is 20.7. The standard InChI is InChI=1S/C22H29N3O10S/c1-22(2,3)35-21(33)25-13(7-26)17(28)23-14-8-34-20(32)11-5-4-6-16(27)12(11)9-36-10-15(19(30)31)24-18(14)29/h4-6,13-15,26-27H,7-10H2,1-3H3,(H,23,28)(H,24,29)(H,25,33)(H,30,31)/t13-,14-,15-/m0/s1. The number of hydrogen-bond acceptors (Lipinski definition) is 10. The predicted molar refractivity (Wildman–Crippen MR) is 126 cm³/mol. The van der Waals surface area contributed by atoms with Crippen LogP contribution in [-0.2, 0) is 29.6 Å². The summed E-state index contributed by atoms with van der Waals surface area (Å²) in [5.41, 5.74) is -0.636. The van der Waals surface area contributed by atoms with Gasteiger partial charge in [-0.25, -0.2) is 14.4 Å². The smallest absolute Gasteiger partial charge is 0.408 e. The van der Waals surface area contributed by atoms with E-state index >= 15 is 0 Å². The van der Waals surface area contributed by atoms with Crippen molar-refractivity contribution < 1.29 is 48.8 Å². The lowest BCUT2D eigenvalue weighted by Gasteiger charge is -2.25. The van der Waals surface area contributed by atoms with Crippen LogP contribution in [0.4, 0.5) is 4.79 Å². The third-order valence-electron chi connectivity index (χ3n) is 4.72. The molecule has 1 aliphatic rings. The van der Waals surface area contributed by atoms with Crippen molar-refractivity contribution in [2.45, 2.75) is 50.3 Å². The van der Waals surface area contributed by atoms with Gasteiger partial charge in [-0.2, -0.15) is 11.8 Å². The molecular formula is C22H29N3O10S. The van der Waals surface area contributed by atoms with Crippen LogP contribution in [0, 0.1) is 0 Å². The summed E-state index contributed by atoms with van der Waals surface area (Å²) in [6.45, 7) is 3.24. The molecule has 0 saturated heterocycles. The number of benzene rings is 1. The summed E-state index contributed by atoms with van der Waals surface area (Å²) in [6, 6.07) is -0.258. The number of hydrogen-bond donors (Lipinski definition) is 6. The Morgan fingerprint density at radius 1 is 1.28 bits per heavy atom. The van der Waals surface area contributed by atoms with Gasteiger partial charge >= 0.3 is 18.0 Å². The number of phenolic OH excluding ortho intramolecular Hbond substituents is 1. The van der Waals surface area contributed by atoms with Crippen LogP contribution in [0.25, 0.3) is 0 Å². The molecule has 0 aromatic heterocycles. The normalized spacial score (nSPS) is 19.8. The molecule has 0 aliphatic carbocycles. The molecule has 6 N–H and O–H groups in total. The number of carboxylic acids is 1. The average molecular weight is 528 g/mol. The minimum Gasteiger partial charge on any atom is -0.508 e. The molecule has 14 heteroatoms. The third kappa shape index (κ3) is 8.30. The van der Waals surface area contributed by atoms with Crippen LogP contribution in [-0.4, -0.2) is 87.9 Å². The second-order valence-electron chi connectivity index (χ2n) is 8.76. The SMILES string of the molecule is CC(C)(C)OC(=O)N[C@@H](CO)C(=O)N[C@H]1COC(=O)c2cccc(O)c2CSC[C@@H](C(=O)O)NC1=O. The quantitative estimate of drug-likeness (QED) is 0.275. The van der Waals surface area contributed by atoms with Crippen molar-refractivity contribution >= 4 is 41.6 Å². The molecule has 0 radical (unpaired) electrons. The largest absolute Gasteiger partial charge is 0.508 e. The molecule has 3 amide bonds. The Balaban J connectivity index is 2.26. The Morgan fingerprint density at radius 3 is 2.58 bits per heavy atom. The highest BCUT2D eigenvalue weighted by Gasteiger charge is 2.32. The Morgan fingerprint density at radius 2 is 1.97 bits per heavy atom. The minimum absolute atomic E-state index is 0.0141. The molecule has 1 aliphatic heterocycles. The highest BCUT2D eigenvalue weighted by Crippen LogP contribution is 2.27. The van der Waals surface area contributed by atoms with E-state index in [-0.39, 0.29) is 28.4 Å².